The lowest BCUT2D eigenvalue weighted by atomic mass is 10.0. The Labute approximate surface area is 89.4 Å². The highest BCUT2D eigenvalue weighted by molar-refractivity contribution is 7.87. The minimum atomic E-state index is -3.31. The van der Waals surface area contributed by atoms with E-state index < -0.39 is 16.2 Å². The van der Waals surface area contributed by atoms with Gasteiger partial charge < -0.3 is 5.11 Å². The predicted molar refractivity (Wildman–Crippen MR) is 54.5 cm³/mol. The zero-order valence-corrected chi connectivity index (χ0v) is 9.46. The van der Waals surface area contributed by atoms with Crippen LogP contribution in [0.25, 0.3) is 0 Å². The lowest BCUT2D eigenvalue weighted by Crippen LogP contribution is -2.51. The van der Waals surface area contributed by atoms with Crippen LogP contribution >= 0.6 is 0 Å². The summed E-state index contributed by atoms with van der Waals surface area (Å²) in [6.45, 7) is 2.93. The van der Waals surface area contributed by atoms with Gasteiger partial charge in [0.2, 0.25) is 0 Å². The molecule has 6 nitrogen and oxygen atoms in total. The first-order valence-electron chi connectivity index (χ1n) is 4.92. The average molecular weight is 236 g/mol. The highest BCUT2D eigenvalue weighted by Gasteiger charge is 2.29. The number of carbonyl (C=O) groups is 1. The summed E-state index contributed by atoms with van der Waals surface area (Å²) in [5.41, 5.74) is 0. The molecule has 0 saturated carbocycles. The molecule has 0 bridgehead atoms. The number of aliphatic carboxylic acids is 1. The van der Waals surface area contributed by atoms with Gasteiger partial charge >= 0.3 is 5.97 Å². The number of carboxylic acid groups (broad SMARTS) is 1. The van der Waals surface area contributed by atoms with Crippen molar-refractivity contribution >= 4 is 16.2 Å². The number of hydrogen-bond acceptors (Lipinski definition) is 3. The maximum atomic E-state index is 11.4. The maximum Gasteiger partial charge on any atom is 0.303 e. The molecule has 0 aliphatic carbocycles. The highest BCUT2D eigenvalue weighted by atomic mass is 32.2. The molecular formula is C8H16N2O4S. The summed E-state index contributed by atoms with van der Waals surface area (Å²) in [7, 11) is -3.31. The Morgan fingerprint density at radius 3 is 2.80 bits per heavy atom. The van der Waals surface area contributed by atoms with Gasteiger partial charge in [-0.1, -0.05) is 6.92 Å². The van der Waals surface area contributed by atoms with Crippen molar-refractivity contribution in [2.24, 2.45) is 5.92 Å². The van der Waals surface area contributed by atoms with Crippen molar-refractivity contribution < 1.29 is 18.3 Å². The molecular weight excluding hydrogens is 220 g/mol. The molecule has 1 aliphatic heterocycles. The summed E-state index contributed by atoms with van der Waals surface area (Å²) in [6.07, 6.45) is 0.596. The van der Waals surface area contributed by atoms with Crippen LogP contribution in [0.4, 0.5) is 0 Å². The summed E-state index contributed by atoms with van der Waals surface area (Å²) in [4.78, 5) is 10.4. The Morgan fingerprint density at radius 2 is 2.27 bits per heavy atom. The molecule has 88 valence electrons. The van der Waals surface area contributed by atoms with E-state index in [9.17, 15) is 13.2 Å². The van der Waals surface area contributed by atoms with E-state index in [1.54, 1.807) is 6.92 Å². The van der Waals surface area contributed by atoms with E-state index in [-0.39, 0.29) is 12.3 Å². The first kappa shape index (κ1) is 12.4. The molecule has 1 atom stereocenters. The third kappa shape index (κ3) is 3.44. The number of nitrogens with zero attached hydrogens (tertiary/aromatic N) is 1. The molecule has 0 radical (unpaired) electrons. The summed E-state index contributed by atoms with van der Waals surface area (Å²) in [6, 6.07) is 0. The fourth-order valence-corrected chi connectivity index (χ4v) is 2.96. The van der Waals surface area contributed by atoms with Crippen molar-refractivity contribution in [3.05, 3.63) is 0 Å². The van der Waals surface area contributed by atoms with Gasteiger partial charge in [0.15, 0.2) is 0 Å². The van der Waals surface area contributed by atoms with E-state index in [2.05, 4.69) is 4.72 Å². The second-order valence-electron chi connectivity index (χ2n) is 3.60. The normalized spacial score (nSPS) is 26.3. The first-order valence-corrected chi connectivity index (χ1v) is 6.36. The van der Waals surface area contributed by atoms with Crippen LogP contribution in [-0.2, 0) is 15.0 Å². The second-order valence-corrected chi connectivity index (χ2v) is 5.36. The van der Waals surface area contributed by atoms with Gasteiger partial charge in [-0.25, -0.2) is 4.72 Å². The smallest absolute Gasteiger partial charge is 0.303 e. The largest absolute Gasteiger partial charge is 0.481 e. The monoisotopic (exact) mass is 236 g/mol. The van der Waals surface area contributed by atoms with Crippen LogP contribution in [0.2, 0.25) is 0 Å². The van der Waals surface area contributed by atoms with Gasteiger partial charge in [0.1, 0.15) is 0 Å². The number of rotatable bonds is 4. The Kier molecular flexibility index (Phi) is 4.06. The minimum Gasteiger partial charge on any atom is -0.481 e. The van der Waals surface area contributed by atoms with Crippen molar-refractivity contribution in [2.45, 2.75) is 19.8 Å². The Bertz CT molecular complexity index is 328. The van der Waals surface area contributed by atoms with Crippen molar-refractivity contribution in [1.82, 2.24) is 9.03 Å². The van der Waals surface area contributed by atoms with Crippen LogP contribution in [-0.4, -0.2) is 43.4 Å². The molecule has 0 aromatic heterocycles. The molecule has 0 spiro atoms. The highest BCUT2D eigenvalue weighted by Crippen LogP contribution is 2.15. The quantitative estimate of drug-likeness (QED) is 0.697. The Hall–Kier alpha value is -0.660. The second kappa shape index (κ2) is 4.91. The zero-order valence-electron chi connectivity index (χ0n) is 8.64. The van der Waals surface area contributed by atoms with Crippen LogP contribution in [0, 0.1) is 5.92 Å². The molecule has 1 aliphatic rings. The van der Waals surface area contributed by atoms with Gasteiger partial charge in [-0.05, 0) is 12.3 Å². The molecule has 7 heteroatoms. The van der Waals surface area contributed by atoms with E-state index in [1.165, 1.54) is 4.31 Å². The van der Waals surface area contributed by atoms with E-state index in [1.807, 2.05) is 0 Å². The van der Waals surface area contributed by atoms with E-state index in [0.717, 1.165) is 0 Å². The Balaban J connectivity index is 2.50. The van der Waals surface area contributed by atoms with Gasteiger partial charge in [0.25, 0.3) is 10.2 Å². The predicted octanol–water partition coefficient (Wildman–Crippen LogP) is -0.363. The molecule has 15 heavy (non-hydrogen) atoms. The van der Waals surface area contributed by atoms with Crippen LogP contribution < -0.4 is 4.72 Å². The van der Waals surface area contributed by atoms with Crippen molar-refractivity contribution in [3.8, 4) is 0 Å². The summed E-state index contributed by atoms with van der Waals surface area (Å²) < 4.78 is 26.6. The zero-order chi connectivity index (χ0) is 11.5. The van der Waals surface area contributed by atoms with Gasteiger partial charge in [-0.3, -0.25) is 4.79 Å². The number of hydrogen-bond donors (Lipinski definition) is 2. The van der Waals surface area contributed by atoms with Crippen molar-refractivity contribution in [3.63, 3.8) is 0 Å². The summed E-state index contributed by atoms with van der Waals surface area (Å²) in [5.74, 6) is -0.754. The summed E-state index contributed by atoms with van der Waals surface area (Å²) >= 11 is 0. The maximum absolute atomic E-state index is 11.4. The third-order valence-corrected chi connectivity index (χ3v) is 4.09. The topological polar surface area (TPSA) is 86.7 Å². The van der Waals surface area contributed by atoms with Crippen LogP contribution in [0.15, 0.2) is 0 Å². The number of nitrogens with one attached hydrogen (secondary N) is 1. The van der Waals surface area contributed by atoms with Gasteiger partial charge in [0.05, 0.1) is 0 Å². The lowest BCUT2D eigenvalue weighted by Gasteiger charge is -2.31. The molecule has 1 fully saturated rings. The molecule has 1 heterocycles. The van der Waals surface area contributed by atoms with Crippen LogP contribution in [0.3, 0.4) is 0 Å². The Morgan fingerprint density at radius 1 is 1.60 bits per heavy atom. The van der Waals surface area contributed by atoms with Gasteiger partial charge in [-0.15, -0.1) is 0 Å². The first-order chi connectivity index (χ1) is 6.95. The average Bonchev–Trinajstić information content (AvgIpc) is 2.15. The molecule has 1 rings (SSSR count). The molecule has 0 aromatic carbocycles. The molecule has 1 unspecified atom stereocenters. The molecule has 2 N–H and O–H groups in total. The fourth-order valence-electron chi connectivity index (χ4n) is 1.59. The van der Waals surface area contributed by atoms with Gasteiger partial charge in [0, 0.05) is 26.1 Å². The lowest BCUT2D eigenvalue weighted by molar-refractivity contribution is -0.137. The van der Waals surface area contributed by atoms with E-state index in [4.69, 9.17) is 5.11 Å². The van der Waals surface area contributed by atoms with Crippen molar-refractivity contribution in [1.29, 1.82) is 0 Å². The molecule has 1 saturated heterocycles. The van der Waals surface area contributed by atoms with Crippen molar-refractivity contribution in [2.75, 3.05) is 19.6 Å². The standard InChI is InChI=1S/C8H16N2O4S/c1-2-10-6-7(3-4-8(11)12)5-9-15(10,13)14/h7,9H,2-6H2,1H3,(H,11,12). The van der Waals surface area contributed by atoms with Crippen LogP contribution in [0.5, 0.6) is 0 Å². The van der Waals surface area contributed by atoms with E-state index >= 15 is 0 Å². The molecule has 0 amide bonds. The number of carboxylic acids is 1. The summed E-state index contributed by atoms with van der Waals surface area (Å²) in [5, 5.41) is 8.52. The SMILES string of the molecule is CCN1CC(CCC(=O)O)CNS1(=O)=O. The van der Waals surface area contributed by atoms with Crippen LogP contribution in [0.1, 0.15) is 19.8 Å². The minimum absolute atomic E-state index is 0.0873. The fraction of sp³-hybridized carbons (Fsp3) is 0.875. The third-order valence-electron chi connectivity index (χ3n) is 2.48. The van der Waals surface area contributed by atoms with E-state index in [0.29, 0.717) is 26.1 Å². The molecule has 0 aromatic rings. The van der Waals surface area contributed by atoms with Gasteiger partial charge in [-0.2, -0.15) is 12.7 Å².